The number of hydrogen-bond donors (Lipinski definition) is 3. The van der Waals surface area contributed by atoms with Gasteiger partial charge in [0.25, 0.3) is 0 Å². The quantitative estimate of drug-likeness (QED) is 0.753. The molecule has 1 aliphatic heterocycles. The summed E-state index contributed by atoms with van der Waals surface area (Å²) in [6, 6.07) is 14.0. The van der Waals surface area contributed by atoms with Crippen LogP contribution < -0.4 is 15.4 Å². The topological polar surface area (TPSA) is 90.9 Å². The first-order valence-electron chi connectivity index (χ1n) is 8.83. The molecule has 0 spiro atoms. The third-order valence-corrected chi connectivity index (χ3v) is 4.56. The molecule has 0 saturated carbocycles. The van der Waals surface area contributed by atoms with E-state index in [4.69, 9.17) is 4.74 Å². The summed E-state index contributed by atoms with van der Waals surface area (Å²) in [7, 11) is 1.61. The van der Waals surface area contributed by atoms with Gasteiger partial charge >= 0.3 is 6.03 Å². The summed E-state index contributed by atoms with van der Waals surface area (Å²) in [4.78, 5) is 26.3. The average molecular weight is 369 g/mol. The second-order valence-corrected chi connectivity index (χ2v) is 6.22. The van der Waals surface area contributed by atoms with Crippen LogP contribution in [-0.2, 0) is 4.79 Å². The Morgan fingerprint density at radius 2 is 2.00 bits per heavy atom. The van der Waals surface area contributed by atoms with Gasteiger partial charge < -0.3 is 25.4 Å². The molecule has 0 aliphatic carbocycles. The average Bonchev–Trinajstić information content (AvgIpc) is 2.70. The normalized spacial score (nSPS) is 16.6. The molecular formula is C20H23N3O4. The van der Waals surface area contributed by atoms with Crippen LogP contribution in [0.3, 0.4) is 0 Å². The SMILES string of the molecule is COc1ccc(-c2ccccc2NC(=O)N2CCNC(=O)[C@H]2CCO)cc1. The van der Waals surface area contributed by atoms with Gasteiger partial charge in [0.1, 0.15) is 11.8 Å². The van der Waals surface area contributed by atoms with E-state index in [1.165, 1.54) is 4.90 Å². The van der Waals surface area contributed by atoms with Gasteiger partial charge in [-0.25, -0.2) is 4.79 Å². The largest absolute Gasteiger partial charge is 0.497 e. The highest BCUT2D eigenvalue weighted by Gasteiger charge is 2.32. The van der Waals surface area contributed by atoms with E-state index in [-0.39, 0.29) is 25.0 Å². The van der Waals surface area contributed by atoms with E-state index in [0.29, 0.717) is 18.8 Å². The molecule has 1 fully saturated rings. The van der Waals surface area contributed by atoms with Gasteiger partial charge in [-0.05, 0) is 30.2 Å². The molecule has 7 nitrogen and oxygen atoms in total. The van der Waals surface area contributed by atoms with Gasteiger partial charge in [-0.1, -0.05) is 30.3 Å². The number of ether oxygens (including phenoxy) is 1. The van der Waals surface area contributed by atoms with Crippen molar-refractivity contribution < 1.29 is 19.4 Å². The number of carbonyl (C=O) groups excluding carboxylic acids is 2. The second kappa shape index (κ2) is 8.55. The number of rotatable bonds is 5. The Morgan fingerprint density at radius 1 is 1.26 bits per heavy atom. The number of aliphatic hydroxyl groups is 1. The monoisotopic (exact) mass is 369 g/mol. The van der Waals surface area contributed by atoms with Gasteiger partial charge in [0.2, 0.25) is 5.91 Å². The molecular weight excluding hydrogens is 346 g/mol. The Balaban J connectivity index is 1.82. The van der Waals surface area contributed by atoms with E-state index in [1.807, 2.05) is 48.5 Å². The van der Waals surface area contributed by atoms with E-state index in [9.17, 15) is 14.7 Å². The Morgan fingerprint density at radius 3 is 2.70 bits per heavy atom. The zero-order chi connectivity index (χ0) is 19.2. The molecule has 0 bridgehead atoms. The zero-order valence-electron chi connectivity index (χ0n) is 15.1. The fourth-order valence-electron chi connectivity index (χ4n) is 3.17. The van der Waals surface area contributed by atoms with Gasteiger partial charge in [0, 0.05) is 25.3 Å². The number of para-hydroxylation sites is 1. The lowest BCUT2D eigenvalue weighted by Gasteiger charge is -2.34. The molecule has 0 aromatic heterocycles. The van der Waals surface area contributed by atoms with Crippen LogP contribution in [0.2, 0.25) is 0 Å². The molecule has 3 N–H and O–H groups in total. The minimum atomic E-state index is -0.670. The summed E-state index contributed by atoms with van der Waals surface area (Å²) in [5.74, 6) is 0.514. The Labute approximate surface area is 157 Å². The number of nitrogens with zero attached hydrogens (tertiary/aromatic N) is 1. The lowest BCUT2D eigenvalue weighted by atomic mass is 10.0. The molecule has 7 heteroatoms. The first-order chi connectivity index (χ1) is 13.1. The number of methoxy groups -OCH3 is 1. The number of piperazine rings is 1. The first-order valence-corrected chi connectivity index (χ1v) is 8.83. The number of urea groups is 1. The molecule has 1 heterocycles. The van der Waals surface area contributed by atoms with Gasteiger partial charge in [0.15, 0.2) is 0 Å². The number of amides is 3. The minimum Gasteiger partial charge on any atom is -0.497 e. The maximum atomic E-state index is 12.8. The van der Waals surface area contributed by atoms with Crippen LogP contribution in [0.4, 0.5) is 10.5 Å². The minimum absolute atomic E-state index is 0.162. The summed E-state index contributed by atoms with van der Waals surface area (Å²) in [5, 5.41) is 14.9. The molecule has 142 valence electrons. The van der Waals surface area contributed by atoms with E-state index in [2.05, 4.69) is 10.6 Å². The first kappa shape index (κ1) is 18.7. The molecule has 0 radical (unpaired) electrons. The van der Waals surface area contributed by atoms with Crippen LogP contribution in [0.1, 0.15) is 6.42 Å². The number of hydrogen-bond acceptors (Lipinski definition) is 4. The highest BCUT2D eigenvalue weighted by Crippen LogP contribution is 2.29. The van der Waals surface area contributed by atoms with Crippen molar-refractivity contribution >= 4 is 17.6 Å². The van der Waals surface area contributed by atoms with E-state index in [0.717, 1.165) is 16.9 Å². The number of aliphatic hydroxyl groups excluding tert-OH is 1. The molecule has 0 unspecified atom stereocenters. The molecule has 3 rings (SSSR count). The summed E-state index contributed by atoms with van der Waals surface area (Å²) in [6.45, 7) is 0.631. The van der Waals surface area contributed by atoms with Crippen LogP contribution in [0.15, 0.2) is 48.5 Å². The van der Waals surface area contributed by atoms with Crippen molar-refractivity contribution in [3.05, 3.63) is 48.5 Å². The molecule has 2 aromatic carbocycles. The fraction of sp³-hybridized carbons (Fsp3) is 0.300. The molecule has 2 aromatic rings. The Bertz CT molecular complexity index is 807. The molecule has 1 atom stereocenters. The molecule has 3 amide bonds. The second-order valence-electron chi connectivity index (χ2n) is 6.22. The van der Waals surface area contributed by atoms with Crippen LogP contribution in [-0.4, -0.2) is 54.8 Å². The van der Waals surface area contributed by atoms with Crippen molar-refractivity contribution in [2.24, 2.45) is 0 Å². The maximum absolute atomic E-state index is 12.8. The standard InChI is InChI=1S/C20H23N3O4/c1-27-15-8-6-14(7-9-15)16-4-2-3-5-17(16)22-20(26)23-12-11-21-19(25)18(23)10-13-24/h2-9,18,24H,10-13H2,1H3,(H,21,25)(H,22,26)/t18-/m1/s1. The highest BCUT2D eigenvalue weighted by atomic mass is 16.5. The molecule has 27 heavy (non-hydrogen) atoms. The number of carbonyl (C=O) groups is 2. The summed E-state index contributed by atoms with van der Waals surface area (Å²) < 4.78 is 5.19. The summed E-state index contributed by atoms with van der Waals surface area (Å²) in [6.07, 6.45) is 0.208. The van der Waals surface area contributed by atoms with Crippen molar-refractivity contribution in [3.8, 4) is 16.9 Å². The maximum Gasteiger partial charge on any atom is 0.322 e. The smallest absolute Gasteiger partial charge is 0.322 e. The van der Waals surface area contributed by atoms with E-state index >= 15 is 0 Å². The van der Waals surface area contributed by atoms with Crippen molar-refractivity contribution in [1.82, 2.24) is 10.2 Å². The third-order valence-electron chi connectivity index (χ3n) is 4.56. The van der Waals surface area contributed by atoms with Gasteiger partial charge in [-0.3, -0.25) is 4.79 Å². The van der Waals surface area contributed by atoms with Crippen LogP contribution in [0.25, 0.3) is 11.1 Å². The number of anilines is 1. The van der Waals surface area contributed by atoms with Gasteiger partial charge in [0.05, 0.1) is 12.8 Å². The number of benzene rings is 2. The van der Waals surface area contributed by atoms with Crippen molar-refractivity contribution in [1.29, 1.82) is 0 Å². The van der Waals surface area contributed by atoms with Crippen LogP contribution >= 0.6 is 0 Å². The highest BCUT2D eigenvalue weighted by molar-refractivity contribution is 5.97. The van der Waals surface area contributed by atoms with Crippen LogP contribution in [0, 0.1) is 0 Å². The van der Waals surface area contributed by atoms with Crippen LogP contribution in [0.5, 0.6) is 5.75 Å². The summed E-state index contributed by atoms with van der Waals surface area (Å²) >= 11 is 0. The summed E-state index contributed by atoms with van der Waals surface area (Å²) in [5.41, 5.74) is 2.46. The van der Waals surface area contributed by atoms with Crippen molar-refractivity contribution in [2.75, 3.05) is 32.1 Å². The van der Waals surface area contributed by atoms with Crippen molar-refractivity contribution in [3.63, 3.8) is 0 Å². The number of nitrogens with one attached hydrogen (secondary N) is 2. The lowest BCUT2D eigenvalue weighted by molar-refractivity contribution is -0.128. The zero-order valence-corrected chi connectivity index (χ0v) is 15.1. The fourth-order valence-corrected chi connectivity index (χ4v) is 3.17. The van der Waals surface area contributed by atoms with E-state index < -0.39 is 6.04 Å². The third kappa shape index (κ3) is 4.20. The van der Waals surface area contributed by atoms with Gasteiger partial charge in [-0.15, -0.1) is 0 Å². The Hall–Kier alpha value is -3.06. The predicted molar refractivity (Wildman–Crippen MR) is 103 cm³/mol. The predicted octanol–water partition coefficient (Wildman–Crippen LogP) is 2.08. The Kier molecular flexibility index (Phi) is 5.93. The molecule has 1 saturated heterocycles. The lowest BCUT2D eigenvalue weighted by Crippen LogP contribution is -2.58. The van der Waals surface area contributed by atoms with Gasteiger partial charge in [-0.2, -0.15) is 0 Å². The van der Waals surface area contributed by atoms with Crippen molar-refractivity contribution in [2.45, 2.75) is 12.5 Å². The molecule has 1 aliphatic rings. The van der Waals surface area contributed by atoms with E-state index in [1.54, 1.807) is 7.11 Å².